The largest absolute Gasteiger partial charge is 0.493 e. The Bertz CT molecular complexity index is 513. The zero-order valence-electron chi connectivity index (χ0n) is 11.9. The van der Waals surface area contributed by atoms with E-state index in [9.17, 15) is 9.59 Å². The number of aliphatic carboxylic acids is 1. The number of benzene rings is 1. The molecule has 1 amide bonds. The van der Waals surface area contributed by atoms with Crippen LogP contribution in [0.2, 0.25) is 0 Å². The summed E-state index contributed by atoms with van der Waals surface area (Å²) in [6, 6.07) is 7.02. The quantitative estimate of drug-likeness (QED) is 0.784. The van der Waals surface area contributed by atoms with E-state index in [2.05, 4.69) is 0 Å². The highest BCUT2D eigenvalue weighted by molar-refractivity contribution is 5.82. The lowest BCUT2D eigenvalue weighted by molar-refractivity contribution is -0.145. The molecule has 0 aromatic heterocycles. The second-order valence-electron chi connectivity index (χ2n) is 5.05. The van der Waals surface area contributed by atoms with Crippen LogP contribution in [0.5, 0.6) is 11.5 Å². The van der Waals surface area contributed by atoms with E-state index >= 15 is 0 Å². The SMILES string of the molecule is COc1ccccc1OCC(=O)N(CC(=O)O)CC1CC1. The summed E-state index contributed by atoms with van der Waals surface area (Å²) >= 11 is 0. The number of carboxylic acid groups (broad SMARTS) is 1. The second kappa shape index (κ2) is 6.97. The molecule has 0 radical (unpaired) electrons. The molecule has 2 rings (SSSR count). The molecule has 114 valence electrons. The number of para-hydroxylation sites is 2. The van der Waals surface area contributed by atoms with Gasteiger partial charge in [-0.15, -0.1) is 0 Å². The maximum Gasteiger partial charge on any atom is 0.323 e. The Morgan fingerprint density at radius 2 is 1.95 bits per heavy atom. The first-order valence-electron chi connectivity index (χ1n) is 6.85. The first kappa shape index (κ1) is 15.2. The molecular weight excluding hydrogens is 274 g/mol. The Balaban J connectivity index is 1.92. The minimum atomic E-state index is -1.01. The van der Waals surface area contributed by atoms with Gasteiger partial charge in [0.1, 0.15) is 6.54 Å². The van der Waals surface area contributed by atoms with Crippen molar-refractivity contribution in [2.24, 2.45) is 5.92 Å². The van der Waals surface area contributed by atoms with E-state index < -0.39 is 5.97 Å². The third kappa shape index (κ3) is 4.66. The Morgan fingerprint density at radius 1 is 1.29 bits per heavy atom. The molecule has 0 heterocycles. The van der Waals surface area contributed by atoms with Gasteiger partial charge in [0.2, 0.25) is 0 Å². The first-order chi connectivity index (χ1) is 10.1. The highest BCUT2D eigenvalue weighted by atomic mass is 16.5. The van der Waals surface area contributed by atoms with Crippen molar-refractivity contribution >= 4 is 11.9 Å². The maximum atomic E-state index is 12.1. The Kier molecular flexibility index (Phi) is 5.03. The number of methoxy groups -OCH3 is 1. The number of rotatable bonds is 8. The van der Waals surface area contributed by atoms with Crippen LogP contribution in [-0.2, 0) is 9.59 Å². The average Bonchev–Trinajstić information content (AvgIpc) is 3.28. The lowest BCUT2D eigenvalue weighted by atomic mass is 10.3. The number of nitrogens with zero attached hydrogens (tertiary/aromatic N) is 1. The molecule has 6 nitrogen and oxygen atoms in total. The van der Waals surface area contributed by atoms with Gasteiger partial charge in [0.15, 0.2) is 18.1 Å². The number of ether oxygens (including phenoxy) is 2. The average molecular weight is 293 g/mol. The van der Waals surface area contributed by atoms with E-state index in [-0.39, 0.29) is 19.1 Å². The molecular formula is C15H19NO5. The van der Waals surface area contributed by atoms with E-state index in [1.54, 1.807) is 24.3 Å². The standard InChI is InChI=1S/C15H19NO5/c1-20-12-4-2-3-5-13(12)21-10-14(17)16(9-15(18)19)8-11-6-7-11/h2-5,11H,6-10H2,1H3,(H,18,19). The zero-order valence-corrected chi connectivity index (χ0v) is 11.9. The van der Waals surface area contributed by atoms with E-state index in [0.29, 0.717) is 24.0 Å². The van der Waals surface area contributed by atoms with Crippen LogP contribution in [0.25, 0.3) is 0 Å². The molecule has 1 aromatic rings. The number of hydrogen-bond acceptors (Lipinski definition) is 4. The van der Waals surface area contributed by atoms with Crippen molar-refractivity contribution in [3.8, 4) is 11.5 Å². The van der Waals surface area contributed by atoms with Crippen LogP contribution in [0.3, 0.4) is 0 Å². The minimum absolute atomic E-state index is 0.194. The van der Waals surface area contributed by atoms with Crippen LogP contribution in [-0.4, -0.2) is 48.7 Å². The van der Waals surface area contributed by atoms with Gasteiger partial charge < -0.3 is 19.5 Å². The summed E-state index contributed by atoms with van der Waals surface area (Å²) in [7, 11) is 1.52. The molecule has 1 fully saturated rings. The number of carbonyl (C=O) groups excluding carboxylic acids is 1. The number of carboxylic acids is 1. The van der Waals surface area contributed by atoms with Crippen LogP contribution >= 0.6 is 0 Å². The molecule has 1 saturated carbocycles. The Labute approximate surface area is 123 Å². The summed E-state index contributed by atoms with van der Waals surface area (Å²) in [5.74, 6) is 0.100. The Hall–Kier alpha value is -2.24. The number of amides is 1. The van der Waals surface area contributed by atoms with Gasteiger partial charge in [-0.05, 0) is 30.9 Å². The van der Waals surface area contributed by atoms with Crippen LogP contribution in [0.4, 0.5) is 0 Å². The monoisotopic (exact) mass is 293 g/mol. The van der Waals surface area contributed by atoms with Gasteiger partial charge in [-0.1, -0.05) is 12.1 Å². The van der Waals surface area contributed by atoms with Gasteiger partial charge in [-0.3, -0.25) is 9.59 Å². The van der Waals surface area contributed by atoms with Crippen molar-refractivity contribution in [2.75, 3.05) is 26.8 Å². The molecule has 1 aromatic carbocycles. The smallest absolute Gasteiger partial charge is 0.323 e. The highest BCUT2D eigenvalue weighted by Gasteiger charge is 2.28. The molecule has 0 bridgehead atoms. The van der Waals surface area contributed by atoms with Gasteiger partial charge in [0.05, 0.1) is 7.11 Å². The van der Waals surface area contributed by atoms with Gasteiger partial charge in [0.25, 0.3) is 5.91 Å². The van der Waals surface area contributed by atoms with Crippen molar-refractivity contribution < 1.29 is 24.2 Å². The molecule has 21 heavy (non-hydrogen) atoms. The third-order valence-corrected chi connectivity index (χ3v) is 3.27. The van der Waals surface area contributed by atoms with Crippen LogP contribution < -0.4 is 9.47 Å². The third-order valence-electron chi connectivity index (χ3n) is 3.27. The van der Waals surface area contributed by atoms with Crippen molar-refractivity contribution in [2.45, 2.75) is 12.8 Å². The molecule has 0 unspecified atom stereocenters. The van der Waals surface area contributed by atoms with Crippen molar-refractivity contribution in [1.82, 2.24) is 4.90 Å². The van der Waals surface area contributed by atoms with Crippen molar-refractivity contribution in [1.29, 1.82) is 0 Å². The predicted octanol–water partition coefficient (Wildman–Crippen LogP) is 1.40. The molecule has 0 aliphatic heterocycles. The summed E-state index contributed by atoms with van der Waals surface area (Å²) in [5, 5.41) is 8.88. The fourth-order valence-corrected chi connectivity index (χ4v) is 2.00. The molecule has 1 aliphatic rings. The molecule has 0 atom stereocenters. The van der Waals surface area contributed by atoms with Gasteiger partial charge >= 0.3 is 5.97 Å². The summed E-state index contributed by atoms with van der Waals surface area (Å²) in [6.07, 6.45) is 2.10. The van der Waals surface area contributed by atoms with Crippen LogP contribution in [0.15, 0.2) is 24.3 Å². The van der Waals surface area contributed by atoms with E-state index in [1.165, 1.54) is 12.0 Å². The number of carbonyl (C=O) groups is 2. The summed E-state index contributed by atoms with van der Waals surface area (Å²) in [5.41, 5.74) is 0. The molecule has 6 heteroatoms. The maximum absolute atomic E-state index is 12.1. The fourth-order valence-electron chi connectivity index (χ4n) is 2.00. The fraction of sp³-hybridized carbons (Fsp3) is 0.467. The normalized spacial score (nSPS) is 13.6. The second-order valence-corrected chi connectivity index (χ2v) is 5.05. The molecule has 0 spiro atoms. The summed E-state index contributed by atoms with van der Waals surface area (Å²) in [4.78, 5) is 24.3. The lowest BCUT2D eigenvalue weighted by Crippen LogP contribution is -2.40. The van der Waals surface area contributed by atoms with E-state index in [4.69, 9.17) is 14.6 Å². The molecule has 1 aliphatic carbocycles. The number of hydrogen-bond donors (Lipinski definition) is 1. The van der Waals surface area contributed by atoms with Gasteiger partial charge in [0, 0.05) is 6.54 Å². The lowest BCUT2D eigenvalue weighted by Gasteiger charge is -2.21. The topological polar surface area (TPSA) is 76.1 Å². The predicted molar refractivity (Wildman–Crippen MR) is 75.4 cm³/mol. The highest BCUT2D eigenvalue weighted by Crippen LogP contribution is 2.30. The zero-order chi connectivity index (χ0) is 15.2. The van der Waals surface area contributed by atoms with Gasteiger partial charge in [-0.25, -0.2) is 0 Å². The van der Waals surface area contributed by atoms with Crippen LogP contribution in [0.1, 0.15) is 12.8 Å². The van der Waals surface area contributed by atoms with Crippen molar-refractivity contribution in [3.05, 3.63) is 24.3 Å². The molecule has 1 N–H and O–H groups in total. The summed E-state index contributed by atoms with van der Waals surface area (Å²) in [6.45, 7) is 0.00537. The van der Waals surface area contributed by atoms with E-state index in [0.717, 1.165) is 12.8 Å². The van der Waals surface area contributed by atoms with Crippen LogP contribution in [0, 0.1) is 5.92 Å². The molecule has 0 saturated heterocycles. The van der Waals surface area contributed by atoms with Gasteiger partial charge in [-0.2, -0.15) is 0 Å². The van der Waals surface area contributed by atoms with E-state index in [1.807, 2.05) is 0 Å². The minimum Gasteiger partial charge on any atom is -0.493 e. The van der Waals surface area contributed by atoms with Crippen molar-refractivity contribution in [3.63, 3.8) is 0 Å². The first-order valence-corrected chi connectivity index (χ1v) is 6.85. The Morgan fingerprint density at radius 3 is 2.52 bits per heavy atom. The summed E-state index contributed by atoms with van der Waals surface area (Å²) < 4.78 is 10.6.